The van der Waals surface area contributed by atoms with Gasteiger partial charge in [-0.15, -0.1) is 11.3 Å². The van der Waals surface area contributed by atoms with Crippen molar-refractivity contribution in [1.82, 2.24) is 9.78 Å². The van der Waals surface area contributed by atoms with Crippen molar-refractivity contribution in [2.75, 3.05) is 0 Å². The van der Waals surface area contributed by atoms with E-state index < -0.39 is 0 Å². The number of aromatic hydroxyl groups is 1. The molecular formula is C15H13N3O2S. The Morgan fingerprint density at radius 1 is 1.24 bits per heavy atom. The standard InChI is InChI=1S/C15H13N3O2S/c1-18-13(6-7-16-18)15-12(9-21-14(15)8-17-20)10-2-4-11(19)5-3-10/h2-9,19-20H,1H3/b17-8+. The maximum absolute atomic E-state index is 9.42. The van der Waals surface area contributed by atoms with Crippen LogP contribution in [0.2, 0.25) is 0 Å². The summed E-state index contributed by atoms with van der Waals surface area (Å²) in [5.41, 5.74) is 3.90. The lowest BCUT2D eigenvalue weighted by Gasteiger charge is -2.07. The molecule has 0 aliphatic heterocycles. The van der Waals surface area contributed by atoms with Gasteiger partial charge in [0.1, 0.15) is 5.75 Å². The van der Waals surface area contributed by atoms with Gasteiger partial charge in [-0.05, 0) is 29.1 Å². The highest BCUT2D eigenvalue weighted by Gasteiger charge is 2.17. The summed E-state index contributed by atoms with van der Waals surface area (Å²) in [4.78, 5) is 0.851. The zero-order valence-corrected chi connectivity index (χ0v) is 12.1. The largest absolute Gasteiger partial charge is 0.508 e. The number of benzene rings is 1. The van der Waals surface area contributed by atoms with E-state index in [1.165, 1.54) is 17.6 Å². The Bertz CT molecular complexity index is 788. The number of hydrogen-bond acceptors (Lipinski definition) is 5. The van der Waals surface area contributed by atoms with E-state index in [0.717, 1.165) is 27.3 Å². The Labute approximate surface area is 125 Å². The van der Waals surface area contributed by atoms with Crippen LogP contribution in [0, 0.1) is 0 Å². The molecule has 2 aromatic heterocycles. The van der Waals surface area contributed by atoms with Crippen molar-refractivity contribution in [2.45, 2.75) is 0 Å². The Morgan fingerprint density at radius 2 is 2.00 bits per heavy atom. The molecule has 0 unspecified atom stereocenters. The van der Waals surface area contributed by atoms with Gasteiger partial charge in [0.05, 0.1) is 16.8 Å². The molecule has 0 bridgehead atoms. The van der Waals surface area contributed by atoms with Crippen molar-refractivity contribution in [3.63, 3.8) is 0 Å². The SMILES string of the molecule is Cn1nccc1-c1c(-c2ccc(O)cc2)csc1/C=N/O. The predicted octanol–water partition coefficient (Wildman–Crippen LogP) is 3.33. The Hall–Kier alpha value is -2.60. The summed E-state index contributed by atoms with van der Waals surface area (Å²) < 4.78 is 1.78. The first-order valence-electron chi connectivity index (χ1n) is 6.27. The number of rotatable bonds is 3. The second-order valence-corrected chi connectivity index (χ2v) is 5.43. The first-order chi connectivity index (χ1) is 10.2. The molecule has 2 N–H and O–H groups in total. The van der Waals surface area contributed by atoms with E-state index in [1.807, 2.05) is 30.6 Å². The first-order valence-corrected chi connectivity index (χ1v) is 7.15. The van der Waals surface area contributed by atoms with Gasteiger partial charge in [0, 0.05) is 24.4 Å². The van der Waals surface area contributed by atoms with Crippen molar-refractivity contribution in [3.05, 3.63) is 46.8 Å². The molecule has 0 amide bonds. The molecule has 0 saturated carbocycles. The van der Waals surface area contributed by atoms with Gasteiger partial charge in [-0.1, -0.05) is 17.3 Å². The van der Waals surface area contributed by atoms with Crippen LogP contribution in [0.4, 0.5) is 0 Å². The van der Waals surface area contributed by atoms with Crippen LogP contribution in [0.1, 0.15) is 4.88 Å². The number of oxime groups is 1. The van der Waals surface area contributed by atoms with Gasteiger partial charge < -0.3 is 10.3 Å². The van der Waals surface area contributed by atoms with Crippen molar-refractivity contribution < 1.29 is 10.3 Å². The van der Waals surface area contributed by atoms with Gasteiger partial charge in [-0.2, -0.15) is 5.10 Å². The molecule has 0 spiro atoms. The molecule has 2 heterocycles. The number of phenols is 1. The third-order valence-electron chi connectivity index (χ3n) is 3.25. The molecule has 0 atom stereocenters. The molecule has 21 heavy (non-hydrogen) atoms. The van der Waals surface area contributed by atoms with Gasteiger partial charge in [0.15, 0.2) is 0 Å². The normalized spacial score (nSPS) is 11.3. The van der Waals surface area contributed by atoms with Crippen LogP contribution < -0.4 is 0 Å². The summed E-state index contributed by atoms with van der Waals surface area (Å²) in [5, 5.41) is 27.6. The van der Waals surface area contributed by atoms with E-state index in [4.69, 9.17) is 5.21 Å². The zero-order valence-electron chi connectivity index (χ0n) is 11.3. The van der Waals surface area contributed by atoms with E-state index in [0.29, 0.717) is 0 Å². The molecule has 3 aromatic rings. The topological polar surface area (TPSA) is 70.6 Å². The molecule has 106 valence electrons. The molecular weight excluding hydrogens is 286 g/mol. The van der Waals surface area contributed by atoms with Crippen LogP contribution in [-0.4, -0.2) is 26.3 Å². The van der Waals surface area contributed by atoms with E-state index >= 15 is 0 Å². The first kappa shape index (κ1) is 13.4. The molecule has 0 radical (unpaired) electrons. The summed E-state index contributed by atoms with van der Waals surface area (Å²) in [7, 11) is 1.87. The average Bonchev–Trinajstić information content (AvgIpc) is 3.06. The smallest absolute Gasteiger partial charge is 0.115 e. The summed E-state index contributed by atoms with van der Waals surface area (Å²) in [6, 6.07) is 8.94. The molecule has 0 saturated heterocycles. The van der Waals surface area contributed by atoms with Crippen molar-refractivity contribution in [1.29, 1.82) is 0 Å². The van der Waals surface area contributed by atoms with Crippen LogP contribution >= 0.6 is 11.3 Å². The lowest BCUT2D eigenvalue weighted by molar-refractivity contribution is 0.322. The quantitative estimate of drug-likeness (QED) is 0.443. The van der Waals surface area contributed by atoms with Crippen molar-refractivity contribution in [2.24, 2.45) is 12.2 Å². The Morgan fingerprint density at radius 3 is 2.62 bits per heavy atom. The minimum Gasteiger partial charge on any atom is -0.508 e. The highest BCUT2D eigenvalue weighted by atomic mass is 32.1. The third-order valence-corrected chi connectivity index (χ3v) is 4.17. The molecule has 3 rings (SSSR count). The number of phenolic OH excluding ortho intramolecular Hbond substituents is 1. The Balaban J connectivity index is 2.22. The monoisotopic (exact) mass is 299 g/mol. The highest BCUT2D eigenvalue weighted by molar-refractivity contribution is 7.12. The lowest BCUT2D eigenvalue weighted by atomic mass is 10.0. The minimum absolute atomic E-state index is 0.230. The van der Waals surface area contributed by atoms with Gasteiger partial charge in [-0.3, -0.25) is 4.68 Å². The molecule has 0 fully saturated rings. The van der Waals surface area contributed by atoms with Crippen LogP contribution in [0.5, 0.6) is 5.75 Å². The van der Waals surface area contributed by atoms with Crippen LogP contribution in [0.25, 0.3) is 22.4 Å². The zero-order chi connectivity index (χ0) is 14.8. The van der Waals surface area contributed by atoms with Crippen molar-refractivity contribution in [3.8, 4) is 28.1 Å². The van der Waals surface area contributed by atoms with E-state index in [9.17, 15) is 5.11 Å². The summed E-state index contributed by atoms with van der Waals surface area (Å²) in [6.45, 7) is 0. The average molecular weight is 299 g/mol. The van der Waals surface area contributed by atoms with Gasteiger partial charge >= 0.3 is 0 Å². The number of aromatic nitrogens is 2. The lowest BCUT2D eigenvalue weighted by Crippen LogP contribution is -1.95. The Kier molecular flexibility index (Phi) is 3.45. The number of aryl methyl sites for hydroxylation is 1. The van der Waals surface area contributed by atoms with Crippen LogP contribution in [-0.2, 0) is 7.05 Å². The third kappa shape index (κ3) is 2.41. The fourth-order valence-corrected chi connectivity index (χ4v) is 3.20. The number of thiophene rings is 1. The van der Waals surface area contributed by atoms with Gasteiger partial charge in [-0.25, -0.2) is 0 Å². The van der Waals surface area contributed by atoms with E-state index in [-0.39, 0.29) is 5.75 Å². The van der Waals surface area contributed by atoms with Crippen molar-refractivity contribution >= 4 is 17.6 Å². The molecule has 1 aromatic carbocycles. The number of nitrogens with zero attached hydrogens (tertiary/aromatic N) is 3. The van der Waals surface area contributed by atoms with Crippen LogP contribution in [0.3, 0.4) is 0 Å². The molecule has 5 nitrogen and oxygen atoms in total. The van der Waals surface area contributed by atoms with Gasteiger partial charge in [0.25, 0.3) is 0 Å². The second-order valence-electron chi connectivity index (χ2n) is 4.52. The minimum atomic E-state index is 0.230. The van der Waals surface area contributed by atoms with Gasteiger partial charge in [0.2, 0.25) is 0 Å². The summed E-state index contributed by atoms with van der Waals surface area (Å²) in [6.07, 6.45) is 3.16. The molecule has 0 aliphatic carbocycles. The fourth-order valence-electron chi connectivity index (χ4n) is 2.26. The highest BCUT2D eigenvalue weighted by Crippen LogP contribution is 2.38. The second kappa shape index (κ2) is 5.41. The molecule has 0 aliphatic rings. The van der Waals surface area contributed by atoms with Crippen LogP contribution in [0.15, 0.2) is 47.1 Å². The van der Waals surface area contributed by atoms with E-state index in [2.05, 4.69) is 10.3 Å². The fraction of sp³-hybridized carbons (Fsp3) is 0.0667. The summed E-state index contributed by atoms with van der Waals surface area (Å²) >= 11 is 1.49. The maximum atomic E-state index is 9.42. The van der Waals surface area contributed by atoms with E-state index in [1.54, 1.807) is 23.0 Å². The molecule has 6 heteroatoms. The predicted molar refractivity (Wildman–Crippen MR) is 83.0 cm³/mol. The summed E-state index contributed by atoms with van der Waals surface area (Å²) in [5.74, 6) is 0.230. The number of hydrogen-bond donors (Lipinski definition) is 2. The maximum Gasteiger partial charge on any atom is 0.115 e.